The Bertz CT molecular complexity index is 628. The van der Waals surface area contributed by atoms with Crippen LogP contribution in [0.5, 0.6) is 0 Å². The molecule has 1 aromatic carbocycles. The molecule has 6 heteroatoms. The molecule has 2 rings (SSSR count). The fraction of sp³-hybridized carbons (Fsp3) is 0.500. The van der Waals surface area contributed by atoms with Crippen molar-refractivity contribution in [3.63, 3.8) is 0 Å². The summed E-state index contributed by atoms with van der Waals surface area (Å²) in [6.45, 7) is 6.22. The van der Waals surface area contributed by atoms with Gasteiger partial charge >= 0.3 is 0 Å². The number of nitrogens with one attached hydrogen (secondary N) is 3. The molecule has 1 fully saturated rings. The Morgan fingerprint density at radius 3 is 2.58 bits per heavy atom. The van der Waals surface area contributed by atoms with Crippen molar-refractivity contribution < 1.29 is 14.4 Å². The fourth-order valence-corrected chi connectivity index (χ4v) is 2.75. The SMILES string of the molecule is Cc1ccccc1C(=O)N[C@@H](C(=O)N[C@@H]1CCCNC1=O)C(C)C. The van der Waals surface area contributed by atoms with E-state index < -0.39 is 12.1 Å². The number of piperidine rings is 1. The van der Waals surface area contributed by atoms with Gasteiger partial charge in [-0.2, -0.15) is 0 Å². The molecule has 0 spiro atoms. The number of aryl methyl sites for hydroxylation is 1. The van der Waals surface area contributed by atoms with Crippen LogP contribution in [-0.4, -0.2) is 36.3 Å². The lowest BCUT2D eigenvalue weighted by molar-refractivity contribution is -0.131. The molecule has 1 saturated heterocycles. The molecule has 3 amide bonds. The molecule has 130 valence electrons. The lowest BCUT2D eigenvalue weighted by Crippen LogP contribution is -2.56. The van der Waals surface area contributed by atoms with E-state index >= 15 is 0 Å². The van der Waals surface area contributed by atoms with Crippen LogP contribution in [0.15, 0.2) is 24.3 Å². The molecule has 0 bridgehead atoms. The average Bonchev–Trinajstić information content (AvgIpc) is 2.54. The van der Waals surface area contributed by atoms with Crippen molar-refractivity contribution in [1.29, 1.82) is 0 Å². The highest BCUT2D eigenvalue weighted by Crippen LogP contribution is 2.10. The van der Waals surface area contributed by atoms with Crippen LogP contribution in [0.1, 0.15) is 42.6 Å². The van der Waals surface area contributed by atoms with Crippen molar-refractivity contribution in [3.8, 4) is 0 Å². The minimum Gasteiger partial charge on any atom is -0.354 e. The summed E-state index contributed by atoms with van der Waals surface area (Å²) in [5, 5.41) is 8.29. The van der Waals surface area contributed by atoms with Crippen LogP contribution in [0.3, 0.4) is 0 Å². The summed E-state index contributed by atoms with van der Waals surface area (Å²) >= 11 is 0. The second-order valence-corrected chi connectivity index (χ2v) is 6.50. The van der Waals surface area contributed by atoms with Crippen LogP contribution in [-0.2, 0) is 9.59 Å². The highest BCUT2D eigenvalue weighted by atomic mass is 16.2. The first-order valence-corrected chi connectivity index (χ1v) is 8.34. The number of carbonyl (C=O) groups excluding carboxylic acids is 3. The van der Waals surface area contributed by atoms with E-state index in [4.69, 9.17) is 0 Å². The fourth-order valence-electron chi connectivity index (χ4n) is 2.75. The lowest BCUT2D eigenvalue weighted by Gasteiger charge is -2.27. The number of amides is 3. The van der Waals surface area contributed by atoms with Crippen molar-refractivity contribution in [2.24, 2.45) is 5.92 Å². The van der Waals surface area contributed by atoms with E-state index in [9.17, 15) is 14.4 Å². The summed E-state index contributed by atoms with van der Waals surface area (Å²) in [5.41, 5.74) is 1.40. The Morgan fingerprint density at radius 1 is 1.25 bits per heavy atom. The molecule has 1 aliphatic heterocycles. The van der Waals surface area contributed by atoms with E-state index in [1.54, 1.807) is 12.1 Å². The molecular weight excluding hydrogens is 306 g/mol. The maximum absolute atomic E-state index is 12.5. The molecule has 0 aromatic heterocycles. The summed E-state index contributed by atoms with van der Waals surface area (Å²) in [6.07, 6.45) is 1.45. The Labute approximate surface area is 142 Å². The van der Waals surface area contributed by atoms with Crippen LogP contribution in [0.4, 0.5) is 0 Å². The Hall–Kier alpha value is -2.37. The van der Waals surface area contributed by atoms with Gasteiger partial charge < -0.3 is 16.0 Å². The Kier molecular flexibility index (Phi) is 5.95. The van der Waals surface area contributed by atoms with Crippen molar-refractivity contribution in [3.05, 3.63) is 35.4 Å². The topological polar surface area (TPSA) is 87.3 Å². The highest BCUT2D eigenvalue weighted by molar-refractivity contribution is 5.99. The largest absolute Gasteiger partial charge is 0.354 e. The first-order chi connectivity index (χ1) is 11.4. The smallest absolute Gasteiger partial charge is 0.252 e. The zero-order valence-corrected chi connectivity index (χ0v) is 14.4. The van der Waals surface area contributed by atoms with Crippen LogP contribution in [0, 0.1) is 12.8 Å². The van der Waals surface area contributed by atoms with Crippen LogP contribution in [0.2, 0.25) is 0 Å². The maximum atomic E-state index is 12.5. The van der Waals surface area contributed by atoms with Gasteiger partial charge in [0.15, 0.2) is 0 Å². The normalized spacial score (nSPS) is 18.7. The van der Waals surface area contributed by atoms with Crippen molar-refractivity contribution in [2.45, 2.75) is 45.7 Å². The molecule has 0 radical (unpaired) electrons. The van der Waals surface area contributed by atoms with E-state index in [0.717, 1.165) is 12.0 Å². The summed E-state index contributed by atoms with van der Waals surface area (Å²) in [5.74, 6) is -0.865. The van der Waals surface area contributed by atoms with Gasteiger partial charge in [0.25, 0.3) is 5.91 Å². The van der Waals surface area contributed by atoms with E-state index in [1.165, 1.54) is 0 Å². The number of rotatable bonds is 5. The number of hydrogen-bond acceptors (Lipinski definition) is 3. The van der Waals surface area contributed by atoms with Crippen LogP contribution in [0.25, 0.3) is 0 Å². The van der Waals surface area contributed by atoms with Gasteiger partial charge in [-0.15, -0.1) is 0 Å². The second-order valence-electron chi connectivity index (χ2n) is 6.50. The first-order valence-electron chi connectivity index (χ1n) is 8.34. The van der Waals surface area contributed by atoms with Gasteiger partial charge in [0, 0.05) is 12.1 Å². The van der Waals surface area contributed by atoms with Gasteiger partial charge in [0.05, 0.1) is 0 Å². The lowest BCUT2D eigenvalue weighted by atomic mass is 10.00. The van der Waals surface area contributed by atoms with Crippen molar-refractivity contribution in [2.75, 3.05) is 6.54 Å². The Balaban J connectivity index is 2.06. The summed E-state index contributed by atoms with van der Waals surface area (Å²) < 4.78 is 0. The quantitative estimate of drug-likeness (QED) is 0.756. The maximum Gasteiger partial charge on any atom is 0.252 e. The van der Waals surface area contributed by atoms with Crippen molar-refractivity contribution in [1.82, 2.24) is 16.0 Å². The Morgan fingerprint density at radius 2 is 1.96 bits per heavy atom. The van der Waals surface area contributed by atoms with Crippen LogP contribution >= 0.6 is 0 Å². The molecule has 6 nitrogen and oxygen atoms in total. The van der Waals surface area contributed by atoms with Crippen molar-refractivity contribution >= 4 is 17.7 Å². The summed E-state index contributed by atoms with van der Waals surface area (Å²) in [4.78, 5) is 36.8. The predicted molar refractivity (Wildman–Crippen MR) is 91.4 cm³/mol. The van der Waals surface area contributed by atoms with Gasteiger partial charge in [-0.1, -0.05) is 32.0 Å². The zero-order chi connectivity index (χ0) is 17.7. The molecule has 1 heterocycles. The average molecular weight is 331 g/mol. The summed E-state index contributed by atoms with van der Waals surface area (Å²) in [6, 6.07) is 6.02. The van der Waals surface area contributed by atoms with E-state index in [1.807, 2.05) is 32.9 Å². The minimum absolute atomic E-state index is 0.0929. The third kappa shape index (κ3) is 4.34. The molecule has 0 saturated carbocycles. The van der Waals surface area contributed by atoms with E-state index in [0.29, 0.717) is 18.5 Å². The molecule has 0 aliphatic carbocycles. The predicted octanol–water partition coefficient (Wildman–Crippen LogP) is 1.14. The molecule has 2 atom stereocenters. The molecule has 0 unspecified atom stereocenters. The third-order valence-corrected chi connectivity index (χ3v) is 4.23. The zero-order valence-electron chi connectivity index (χ0n) is 14.4. The van der Waals surface area contributed by atoms with E-state index in [-0.39, 0.29) is 23.6 Å². The molecule has 3 N–H and O–H groups in total. The van der Waals surface area contributed by atoms with Gasteiger partial charge in [0.1, 0.15) is 12.1 Å². The third-order valence-electron chi connectivity index (χ3n) is 4.23. The van der Waals surface area contributed by atoms with Gasteiger partial charge in [-0.3, -0.25) is 14.4 Å². The van der Waals surface area contributed by atoms with Gasteiger partial charge in [-0.05, 0) is 37.3 Å². The second kappa shape index (κ2) is 7.95. The first kappa shape index (κ1) is 18.0. The van der Waals surface area contributed by atoms with E-state index in [2.05, 4.69) is 16.0 Å². The van der Waals surface area contributed by atoms with Crippen LogP contribution < -0.4 is 16.0 Å². The summed E-state index contributed by atoms with van der Waals surface area (Å²) in [7, 11) is 0. The minimum atomic E-state index is -0.688. The molecule has 1 aromatic rings. The molecule has 24 heavy (non-hydrogen) atoms. The standard InChI is InChI=1S/C18H25N3O3/c1-11(2)15(18(24)20-14-9-6-10-19-17(14)23)21-16(22)13-8-5-4-7-12(13)3/h4-5,7-8,11,14-15H,6,9-10H2,1-3H3,(H,19,23)(H,20,24)(H,21,22)/t14-,15-/m1/s1. The number of carbonyl (C=O) groups is 3. The molecule has 1 aliphatic rings. The number of hydrogen-bond donors (Lipinski definition) is 3. The van der Waals surface area contributed by atoms with Gasteiger partial charge in [-0.25, -0.2) is 0 Å². The molecular formula is C18H25N3O3. The highest BCUT2D eigenvalue weighted by Gasteiger charge is 2.30. The monoisotopic (exact) mass is 331 g/mol. The van der Waals surface area contributed by atoms with Gasteiger partial charge in [0.2, 0.25) is 11.8 Å². The number of benzene rings is 1.